The van der Waals surface area contributed by atoms with Crippen LogP contribution in [0.5, 0.6) is 0 Å². The molecular formula is C17H19N5O2. The second kappa shape index (κ2) is 4.84. The van der Waals surface area contributed by atoms with E-state index in [-0.39, 0.29) is 16.0 Å². The summed E-state index contributed by atoms with van der Waals surface area (Å²) in [4.78, 5) is 12.3. The largest absolute Gasteiger partial charge is 0.271 e. The van der Waals surface area contributed by atoms with Crippen molar-refractivity contribution in [2.45, 2.75) is 43.9 Å². The summed E-state index contributed by atoms with van der Waals surface area (Å²) < 4.78 is 0. The van der Waals surface area contributed by atoms with Gasteiger partial charge in [0.05, 0.1) is 10.6 Å². The van der Waals surface area contributed by atoms with Gasteiger partial charge in [-0.15, -0.1) is 15.0 Å². The maximum Gasteiger partial charge on any atom is 0.271 e. The molecule has 124 valence electrons. The van der Waals surface area contributed by atoms with E-state index in [4.69, 9.17) is 0 Å². The monoisotopic (exact) mass is 325 g/mol. The highest BCUT2D eigenvalue weighted by Crippen LogP contribution is 2.61. The molecule has 1 aromatic carbocycles. The first kappa shape index (κ1) is 14.1. The first-order chi connectivity index (χ1) is 11.6. The Morgan fingerprint density at radius 1 is 1.12 bits per heavy atom. The quantitative estimate of drug-likeness (QED) is 0.639. The van der Waals surface area contributed by atoms with E-state index in [1.54, 1.807) is 12.1 Å². The number of non-ortho nitro benzene ring substituents is 1. The summed E-state index contributed by atoms with van der Waals surface area (Å²) in [5.41, 5.74) is 2.11. The average molecular weight is 325 g/mol. The molecule has 4 bridgehead atoms. The van der Waals surface area contributed by atoms with Crippen LogP contribution in [0.1, 0.15) is 44.1 Å². The third kappa shape index (κ3) is 2.00. The van der Waals surface area contributed by atoms with Gasteiger partial charge >= 0.3 is 0 Å². The zero-order chi connectivity index (χ0) is 16.3. The van der Waals surface area contributed by atoms with Crippen LogP contribution in [0, 0.1) is 27.9 Å². The fourth-order valence-corrected chi connectivity index (χ4v) is 5.97. The van der Waals surface area contributed by atoms with Crippen LogP contribution in [-0.4, -0.2) is 25.1 Å². The Balaban J connectivity index is 1.67. The van der Waals surface area contributed by atoms with Crippen molar-refractivity contribution in [3.63, 3.8) is 0 Å². The van der Waals surface area contributed by atoms with E-state index in [0.29, 0.717) is 0 Å². The molecule has 1 heterocycles. The lowest BCUT2D eigenvalue weighted by Crippen LogP contribution is -2.49. The maximum atomic E-state index is 11.2. The van der Waals surface area contributed by atoms with Crippen LogP contribution >= 0.6 is 0 Å². The van der Waals surface area contributed by atoms with Gasteiger partial charge in [-0.2, -0.15) is 0 Å². The van der Waals surface area contributed by atoms with E-state index in [2.05, 4.69) is 15.4 Å². The van der Waals surface area contributed by atoms with Gasteiger partial charge in [0.1, 0.15) is 0 Å². The van der Waals surface area contributed by atoms with Crippen LogP contribution in [0.2, 0.25) is 0 Å². The highest BCUT2D eigenvalue weighted by Gasteiger charge is 2.52. The lowest BCUT2D eigenvalue weighted by Gasteiger charge is -2.57. The number of tetrazole rings is 1. The van der Waals surface area contributed by atoms with Crippen molar-refractivity contribution in [2.75, 3.05) is 0 Å². The molecule has 0 unspecified atom stereocenters. The number of benzene rings is 1. The summed E-state index contributed by atoms with van der Waals surface area (Å²) in [7, 11) is 0. The first-order valence-corrected chi connectivity index (χ1v) is 8.65. The molecule has 0 radical (unpaired) electrons. The van der Waals surface area contributed by atoms with Gasteiger partial charge in [0, 0.05) is 12.1 Å². The van der Waals surface area contributed by atoms with Gasteiger partial charge in [0.25, 0.3) is 5.69 Å². The Morgan fingerprint density at radius 3 is 2.33 bits per heavy atom. The molecule has 0 aliphatic heterocycles. The van der Waals surface area contributed by atoms with Crippen molar-refractivity contribution < 1.29 is 4.92 Å². The number of hydrogen-bond acceptors (Lipinski definition) is 5. The van der Waals surface area contributed by atoms with Gasteiger partial charge in [-0.1, -0.05) is 0 Å². The normalized spacial score (nSPS) is 33.8. The van der Waals surface area contributed by atoms with E-state index in [0.717, 1.165) is 23.4 Å². The molecule has 4 aliphatic carbocycles. The van der Waals surface area contributed by atoms with Crippen LogP contribution in [0.15, 0.2) is 24.5 Å². The molecule has 0 N–H and O–H groups in total. The topological polar surface area (TPSA) is 86.7 Å². The lowest BCUT2D eigenvalue weighted by molar-refractivity contribution is -0.384. The summed E-state index contributed by atoms with van der Waals surface area (Å²) in [6.45, 7) is 0. The molecule has 7 heteroatoms. The van der Waals surface area contributed by atoms with Crippen LogP contribution in [0.4, 0.5) is 5.69 Å². The number of nitro benzene ring substituents is 1. The number of nitro groups is 1. The Hall–Kier alpha value is -2.31. The molecule has 0 amide bonds. The molecule has 4 fully saturated rings. The standard InChI is InChI=1S/C17H19N5O2/c23-22(24)14-1-2-15(16(6-14)21-19-10-18-20-21)17-7-11-3-12(8-17)5-13(4-11)9-17/h1-2,6,10-13H,3-5,7-9H2. The minimum absolute atomic E-state index is 0.0794. The highest BCUT2D eigenvalue weighted by molar-refractivity contribution is 5.52. The van der Waals surface area contributed by atoms with Gasteiger partial charge in [-0.25, -0.2) is 0 Å². The Morgan fingerprint density at radius 2 is 1.79 bits per heavy atom. The van der Waals surface area contributed by atoms with Gasteiger partial charge in [0.2, 0.25) is 0 Å². The van der Waals surface area contributed by atoms with Crippen LogP contribution < -0.4 is 0 Å². The SMILES string of the molecule is O=[N+]([O-])c1ccc(C23CC4CC(CC(C4)C2)C3)c(-n2ncnn2)c1. The zero-order valence-corrected chi connectivity index (χ0v) is 13.3. The maximum absolute atomic E-state index is 11.2. The summed E-state index contributed by atoms with van der Waals surface area (Å²) in [5, 5.41) is 23.2. The lowest BCUT2D eigenvalue weighted by atomic mass is 9.48. The third-order valence-corrected chi connectivity index (χ3v) is 6.37. The second-order valence-electron chi connectivity index (χ2n) is 7.88. The van der Waals surface area contributed by atoms with E-state index in [1.807, 2.05) is 6.07 Å². The number of nitrogens with zero attached hydrogens (tertiary/aromatic N) is 5. The van der Waals surface area contributed by atoms with Crippen LogP contribution in [0.25, 0.3) is 5.69 Å². The fraction of sp³-hybridized carbons (Fsp3) is 0.588. The molecule has 4 saturated carbocycles. The Kier molecular flexibility index (Phi) is 2.84. The van der Waals surface area contributed by atoms with Crippen molar-refractivity contribution in [1.82, 2.24) is 20.2 Å². The zero-order valence-electron chi connectivity index (χ0n) is 13.3. The average Bonchev–Trinajstić information content (AvgIpc) is 3.07. The van der Waals surface area contributed by atoms with Gasteiger partial charge in [0.15, 0.2) is 6.33 Å². The minimum Gasteiger partial charge on any atom is -0.258 e. The molecule has 6 rings (SSSR count). The molecule has 0 spiro atoms. The van der Waals surface area contributed by atoms with Crippen LogP contribution in [-0.2, 0) is 5.41 Å². The predicted molar refractivity (Wildman–Crippen MR) is 85.7 cm³/mol. The van der Waals surface area contributed by atoms with E-state index in [9.17, 15) is 10.1 Å². The number of rotatable bonds is 3. The molecule has 7 nitrogen and oxygen atoms in total. The summed E-state index contributed by atoms with van der Waals surface area (Å²) in [6, 6.07) is 5.19. The van der Waals surface area contributed by atoms with Crippen molar-refractivity contribution >= 4 is 5.69 Å². The third-order valence-electron chi connectivity index (χ3n) is 6.37. The molecule has 24 heavy (non-hydrogen) atoms. The number of hydrogen-bond donors (Lipinski definition) is 0. The molecular weight excluding hydrogens is 306 g/mol. The smallest absolute Gasteiger partial charge is 0.258 e. The molecule has 1 aromatic heterocycles. The van der Waals surface area contributed by atoms with Gasteiger partial charge in [-0.3, -0.25) is 10.1 Å². The van der Waals surface area contributed by atoms with E-state index in [1.165, 1.54) is 55.2 Å². The summed E-state index contributed by atoms with van der Waals surface area (Å²) in [5.74, 6) is 2.42. The molecule has 0 atom stereocenters. The van der Waals surface area contributed by atoms with Crippen molar-refractivity contribution in [2.24, 2.45) is 17.8 Å². The first-order valence-electron chi connectivity index (χ1n) is 8.65. The fourth-order valence-electron chi connectivity index (χ4n) is 5.97. The summed E-state index contributed by atoms with van der Waals surface area (Å²) >= 11 is 0. The second-order valence-corrected chi connectivity index (χ2v) is 7.88. The number of aromatic nitrogens is 4. The minimum atomic E-state index is -0.357. The van der Waals surface area contributed by atoms with Crippen molar-refractivity contribution in [3.8, 4) is 5.69 Å². The molecule has 0 saturated heterocycles. The van der Waals surface area contributed by atoms with E-state index < -0.39 is 0 Å². The van der Waals surface area contributed by atoms with Gasteiger partial charge < -0.3 is 0 Å². The highest BCUT2D eigenvalue weighted by atomic mass is 16.6. The Labute approximate surface area is 139 Å². The molecule has 4 aliphatic rings. The van der Waals surface area contributed by atoms with Crippen LogP contribution in [0.3, 0.4) is 0 Å². The Bertz CT molecular complexity index is 766. The molecule has 2 aromatic rings. The summed E-state index contributed by atoms with van der Waals surface area (Å²) in [6.07, 6.45) is 9.05. The van der Waals surface area contributed by atoms with Crippen molar-refractivity contribution in [3.05, 3.63) is 40.2 Å². The van der Waals surface area contributed by atoms with Crippen molar-refractivity contribution in [1.29, 1.82) is 0 Å². The van der Waals surface area contributed by atoms with E-state index >= 15 is 0 Å². The predicted octanol–water partition coefficient (Wildman–Crippen LogP) is 3.04. The van der Waals surface area contributed by atoms with Gasteiger partial charge in [-0.05, 0) is 78.5 Å².